The van der Waals surface area contributed by atoms with Gasteiger partial charge in [-0.2, -0.15) is 0 Å². The van der Waals surface area contributed by atoms with E-state index in [0.29, 0.717) is 18.0 Å². The molecule has 23 heavy (non-hydrogen) atoms. The molecule has 6 heteroatoms. The summed E-state index contributed by atoms with van der Waals surface area (Å²) in [6, 6.07) is 8.53. The Bertz CT molecular complexity index is 677. The average molecular weight is 330 g/mol. The SMILES string of the molecule is Cc1cccc(N2CCN(C(=O)CCc3csc(N)n3)CC2)c1. The lowest BCUT2D eigenvalue weighted by Crippen LogP contribution is -2.48. The maximum absolute atomic E-state index is 12.3. The first-order valence-corrected chi connectivity index (χ1v) is 8.79. The number of rotatable bonds is 4. The maximum atomic E-state index is 12.3. The standard InChI is InChI=1S/C17H22N4OS/c1-13-3-2-4-15(11-13)20-7-9-21(10-8-20)16(22)6-5-14-12-23-17(18)19-14/h2-4,11-12H,5-10H2,1H3,(H2,18,19). The van der Waals surface area contributed by atoms with Crippen LogP contribution in [-0.4, -0.2) is 42.0 Å². The molecule has 1 fully saturated rings. The minimum Gasteiger partial charge on any atom is -0.375 e. The van der Waals surface area contributed by atoms with Crippen LogP contribution >= 0.6 is 11.3 Å². The van der Waals surface area contributed by atoms with Gasteiger partial charge in [0.25, 0.3) is 0 Å². The number of nitrogens with two attached hydrogens (primary N) is 1. The van der Waals surface area contributed by atoms with E-state index >= 15 is 0 Å². The number of nitrogen functional groups attached to an aromatic ring is 1. The predicted octanol–water partition coefficient (Wildman–Crippen LogP) is 2.32. The van der Waals surface area contributed by atoms with Crippen LogP contribution in [0.25, 0.3) is 0 Å². The van der Waals surface area contributed by atoms with Gasteiger partial charge < -0.3 is 15.5 Å². The molecule has 0 spiro atoms. The normalized spacial score (nSPS) is 15.0. The van der Waals surface area contributed by atoms with Crippen LogP contribution < -0.4 is 10.6 Å². The highest BCUT2D eigenvalue weighted by Crippen LogP contribution is 2.18. The molecule has 3 rings (SSSR count). The number of benzene rings is 1. The zero-order valence-electron chi connectivity index (χ0n) is 13.4. The van der Waals surface area contributed by atoms with E-state index in [4.69, 9.17) is 5.73 Å². The van der Waals surface area contributed by atoms with Crippen molar-refractivity contribution in [3.05, 3.63) is 40.9 Å². The molecular formula is C17H22N4OS. The fourth-order valence-corrected chi connectivity index (χ4v) is 3.47. The summed E-state index contributed by atoms with van der Waals surface area (Å²) in [5.41, 5.74) is 9.04. The highest BCUT2D eigenvalue weighted by molar-refractivity contribution is 7.13. The van der Waals surface area contributed by atoms with Crippen LogP contribution in [0.3, 0.4) is 0 Å². The molecule has 0 radical (unpaired) electrons. The van der Waals surface area contributed by atoms with E-state index in [-0.39, 0.29) is 5.91 Å². The van der Waals surface area contributed by atoms with Gasteiger partial charge in [0.2, 0.25) is 5.91 Å². The lowest BCUT2D eigenvalue weighted by molar-refractivity contribution is -0.131. The second-order valence-electron chi connectivity index (χ2n) is 5.88. The maximum Gasteiger partial charge on any atom is 0.223 e. The molecule has 1 saturated heterocycles. The first-order valence-electron chi connectivity index (χ1n) is 7.91. The van der Waals surface area contributed by atoms with Gasteiger partial charge >= 0.3 is 0 Å². The Morgan fingerprint density at radius 1 is 1.30 bits per heavy atom. The zero-order valence-corrected chi connectivity index (χ0v) is 14.2. The Labute approximate surface area is 140 Å². The monoisotopic (exact) mass is 330 g/mol. The van der Waals surface area contributed by atoms with E-state index in [1.165, 1.54) is 22.6 Å². The van der Waals surface area contributed by atoms with Crippen molar-refractivity contribution in [3.63, 3.8) is 0 Å². The Balaban J connectivity index is 1.49. The lowest BCUT2D eigenvalue weighted by Gasteiger charge is -2.36. The third-order valence-corrected chi connectivity index (χ3v) is 4.89. The van der Waals surface area contributed by atoms with Crippen LogP contribution in [-0.2, 0) is 11.2 Å². The molecule has 2 heterocycles. The fourth-order valence-electron chi connectivity index (χ4n) is 2.87. The number of thiazole rings is 1. The first kappa shape index (κ1) is 15.8. The second-order valence-corrected chi connectivity index (χ2v) is 6.77. The molecule has 1 aromatic heterocycles. The summed E-state index contributed by atoms with van der Waals surface area (Å²) in [4.78, 5) is 20.8. The number of aromatic nitrogens is 1. The average Bonchev–Trinajstić information content (AvgIpc) is 2.98. The van der Waals surface area contributed by atoms with Gasteiger partial charge in [-0.1, -0.05) is 12.1 Å². The van der Waals surface area contributed by atoms with E-state index in [1.54, 1.807) is 0 Å². The van der Waals surface area contributed by atoms with Gasteiger partial charge in [-0.15, -0.1) is 11.3 Å². The molecule has 2 N–H and O–H groups in total. The molecule has 0 saturated carbocycles. The fraction of sp³-hybridized carbons (Fsp3) is 0.412. The largest absolute Gasteiger partial charge is 0.375 e. The second kappa shape index (κ2) is 7.00. The molecule has 0 atom stereocenters. The van der Waals surface area contributed by atoms with Crippen molar-refractivity contribution in [1.29, 1.82) is 0 Å². The number of hydrogen-bond donors (Lipinski definition) is 1. The third-order valence-electron chi connectivity index (χ3n) is 4.16. The van der Waals surface area contributed by atoms with Gasteiger partial charge in [-0.05, 0) is 31.0 Å². The Hall–Kier alpha value is -2.08. The molecule has 0 bridgehead atoms. The van der Waals surface area contributed by atoms with Crippen LogP contribution in [0.4, 0.5) is 10.8 Å². The van der Waals surface area contributed by atoms with Gasteiger partial charge in [0, 0.05) is 43.7 Å². The summed E-state index contributed by atoms with van der Waals surface area (Å²) in [5.74, 6) is 0.209. The van der Waals surface area contributed by atoms with Crippen molar-refractivity contribution < 1.29 is 4.79 Å². The van der Waals surface area contributed by atoms with Gasteiger partial charge in [0.05, 0.1) is 5.69 Å². The number of hydrogen-bond acceptors (Lipinski definition) is 5. The van der Waals surface area contributed by atoms with E-state index in [2.05, 4.69) is 41.1 Å². The zero-order chi connectivity index (χ0) is 16.2. The van der Waals surface area contributed by atoms with Crippen LogP contribution in [0.1, 0.15) is 17.7 Å². The van der Waals surface area contributed by atoms with Crippen LogP contribution in [0.5, 0.6) is 0 Å². The number of nitrogens with zero attached hydrogens (tertiary/aromatic N) is 3. The summed E-state index contributed by atoms with van der Waals surface area (Å²) in [5, 5.41) is 2.50. The number of carbonyl (C=O) groups is 1. The Morgan fingerprint density at radius 2 is 2.09 bits per heavy atom. The summed E-state index contributed by atoms with van der Waals surface area (Å²) in [6.45, 7) is 5.45. The molecular weight excluding hydrogens is 308 g/mol. The van der Waals surface area contributed by atoms with Crippen molar-refractivity contribution in [2.45, 2.75) is 19.8 Å². The number of carbonyl (C=O) groups excluding carboxylic acids is 1. The summed E-state index contributed by atoms with van der Waals surface area (Å²) in [7, 11) is 0. The molecule has 0 aliphatic carbocycles. The molecule has 2 aromatic rings. The minimum atomic E-state index is 0.209. The van der Waals surface area contributed by atoms with Crippen molar-refractivity contribution in [3.8, 4) is 0 Å². The molecule has 0 unspecified atom stereocenters. The number of anilines is 2. The molecule has 122 valence electrons. The van der Waals surface area contributed by atoms with Crippen molar-refractivity contribution in [1.82, 2.24) is 9.88 Å². The van der Waals surface area contributed by atoms with Crippen LogP contribution in [0, 0.1) is 6.92 Å². The third kappa shape index (κ3) is 4.01. The van der Waals surface area contributed by atoms with E-state index < -0.39 is 0 Å². The van der Waals surface area contributed by atoms with E-state index in [0.717, 1.165) is 31.9 Å². The summed E-state index contributed by atoms with van der Waals surface area (Å²) < 4.78 is 0. The lowest BCUT2D eigenvalue weighted by atomic mass is 10.1. The van der Waals surface area contributed by atoms with E-state index in [9.17, 15) is 4.79 Å². The minimum absolute atomic E-state index is 0.209. The number of aryl methyl sites for hydroxylation is 2. The molecule has 1 amide bonds. The van der Waals surface area contributed by atoms with Gasteiger partial charge in [0.15, 0.2) is 5.13 Å². The summed E-state index contributed by atoms with van der Waals surface area (Å²) in [6.07, 6.45) is 1.18. The summed E-state index contributed by atoms with van der Waals surface area (Å²) >= 11 is 1.43. The van der Waals surface area contributed by atoms with Crippen molar-refractivity contribution in [2.24, 2.45) is 0 Å². The molecule has 1 aliphatic heterocycles. The molecule has 5 nitrogen and oxygen atoms in total. The van der Waals surface area contributed by atoms with Crippen molar-refractivity contribution >= 4 is 28.1 Å². The first-order chi connectivity index (χ1) is 11.1. The smallest absolute Gasteiger partial charge is 0.223 e. The number of piperazine rings is 1. The topological polar surface area (TPSA) is 62.5 Å². The number of amides is 1. The van der Waals surface area contributed by atoms with Crippen LogP contribution in [0.2, 0.25) is 0 Å². The predicted molar refractivity (Wildman–Crippen MR) is 94.8 cm³/mol. The van der Waals surface area contributed by atoms with Crippen molar-refractivity contribution in [2.75, 3.05) is 36.8 Å². The highest BCUT2D eigenvalue weighted by Gasteiger charge is 2.21. The molecule has 1 aromatic carbocycles. The van der Waals surface area contributed by atoms with Gasteiger partial charge in [-0.3, -0.25) is 4.79 Å². The van der Waals surface area contributed by atoms with E-state index in [1.807, 2.05) is 10.3 Å². The van der Waals surface area contributed by atoms with Gasteiger partial charge in [0.1, 0.15) is 0 Å². The van der Waals surface area contributed by atoms with Gasteiger partial charge in [-0.25, -0.2) is 4.98 Å². The Morgan fingerprint density at radius 3 is 2.74 bits per heavy atom. The quantitative estimate of drug-likeness (QED) is 0.934. The Kier molecular flexibility index (Phi) is 4.81. The highest BCUT2D eigenvalue weighted by atomic mass is 32.1. The van der Waals surface area contributed by atoms with Crippen LogP contribution in [0.15, 0.2) is 29.6 Å². The molecule has 1 aliphatic rings.